The van der Waals surface area contributed by atoms with Crippen molar-refractivity contribution in [3.63, 3.8) is 0 Å². The number of H-pyrrole nitrogens is 2. The van der Waals surface area contributed by atoms with Crippen LogP contribution in [0.1, 0.15) is 30.9 Å². The number of rotatable bonds is 4. The van der Waals surface area contributed by atoms with Crippen molar-refractivity contribution in [2.24, 2.45) is 5.10 Å². The van der Waals surface area contributed by atoms with Crippen molar-refractivity contribution < 1.29 is 4.74 Å². The van der Waals surface area contributed by atoms with E-state index in [0.29, 0.717) is 28.1 Å². The highest BCUT2D eigenvalue weighted by atomic mass is 16.5. The molecule has 2 N–H and O–H groups in total. The van der Waals surface area contributed by atoms with Gasteiger partial charge in [-0.1, -0.05) is 44.2 Å². The molecule has 0 spiro atoms. The van der Waals surface area contributed by atoms with Gasteiger partial charge in [-0.25, -0.2) is 4.79 Å². The van der Waals surface area contributed by atoms with Gasteiger partial charge in [-0.15, -0.1) is 4.68 Å². The fourth-order valence-corrected chi connectivity index (χ4v) is 3.23. The zero-order chi connectivity index (χ0) is 19.8. The van der Waals surface area contributed by atoms with Crippen LogP contribution in [-0.4, -0.2) is 28.0 Å². The van der Waals surface area contributed by atoms with Crippen LogP contribution in [0, 0.1) is 0 Å². The first-order valence-electron chi connectivity index (χ1n) is 8.97. The quantitative estimate of drug-likeness (QED) is 0.536. The predicted octanol–water partition coefficient (Wildman–Crippen LogP) is 3.19. The number of aromatic amines is 2. The molecule has 28 heavy (non-hydrogen) atoms. The molecule has 0 amide bonds. The van der Waals surface area contributed by atoms with Gasteiger partial charge in [0, 0.05) is 0 Å². The molecule has 2 aromatic carbocycles. The molecule has 0 saturated heterocycles. The molecule has 0 aliphatic rings. The fourth-order valence-electron chi connectivity index (χ4n) is 3.23. The molecule has 2 heterocycles. The monoisotopic (exact) mass is 376 g/mol. The van der Waals surface area contributed by atoms with E-state index in [1.165, 1.54) is 11.8 Å². The van der Waals surface area contributed by atoms with Gasteiger partial charge in [-0.3, -0.25) is 4.79 Å². The number of nitrogens with one attached hydrogen (secondary N) is 2. The molecule has 4 aromatic rings. The number of aromatic nitrogens is 3. The maximum atomic E-state index is 12.8. The first-order valence-corrected chi connectivity index (χ1v) is 8.97. The summed E-state index contributed by atoms with van der Waals surface area (Å²) in [5, 5.41) is 4.76. The van der Waals surface area contributed by atoms with E-state index in [-0.39, 0.29) is 5.52 Å². The third-order valence-corrected chi connectivity index (χ3v) is 4.76. The lowest BCUT2D eigenvalue weighted by Gasteiger charge is -2.04. The van der Waals surface area contributed by atoms with Gasteiger partial charge in [0.25, 0.3) is 0 Å². The molecular weight excluding hydrogens is 356 g/mol. The molecule has 0 bridgehead atoms. The largest absolute Gasteiger partial charge is 0.496 e. The second-order valence-electron chi connectivity index (χ2n) is 6.87. The Balaban J connectivity index is 1.83. The van der Waals surface area contributed by atoms with E-state index in [1.807, 2.05) is 36.4 Å². The molecular formula is C21H20N4O3. The van der Waals surface area contributed by atoms with Gasteiger partial charge in [0.15, 0.2) is 0 Å². The SMILES string of the molecule is COc1cccc2[nH]c3c(=O)n(/N=C/c4ccc(C(C)C)cc4)c(=O)[nH]c3c12. The molecule has 0 unspecified atom stereocenters. The number of fused-ring (bicyclic) bond motifs is 3. The Morgan fingerprint density at radius 2 is 1.79 bits per heavy atom. The maximum Gasteiger partial charge on any atom is 0.350 e. The van der Waals surface area contributed by atoms with Gasteiger partial charge < -0.3 is 14.7 Å². The van der Waals surface area contributed by atoms with Crippen molar-refractivity contribution in [2.45, 2.75) is 19.8 Å². The molecule has 2 aromatic heterocycles. The van der Waals surface area contributed by atoms with Crippen molar-refractivity contribution in [3.05, 3.63) is 74.4 Å². The summed E-state index contributed by atoms with van der Waals surface area (Å²) < 4.78 is 6.18. The molecule has 7 heteroatoms. The normalized spacial score (nSPS) is 11.9. The summed E-state index contributed by atoms with van der Waals surface area (Å²) in [7, 11) is 1.54. The predicted molar refractivity (Wildman–Crippen MR) is 111 cm³/mol. The Hall–Kier alpha value is -3.61. The van der Waals surface area contributed by atoms with E-state index in [1.54, 1.807) is 13.2 Å². The second-order valence-corrected chi connectivity index (χ2v) is 6.87. The minimum Gasteiger partial charge on any atom is -0.496 e. The van der Waals surface area contributed by atoms with Crippen LogP contribution in [0.25, 0.3) is 21.9 Å². The van der Waals surface area contributed by atoms with Crippen LogP contribution in [0.5, 0.6) is 5.75 Å². The van der Waals surface area contributed by atoms with Crippen LogP contribution in [0.15, 0.2) is 57.2 Å². The van der Waals surface area contributed by atoms with Crippen LogP contribution in [0.2, 0.25) is 0 Å². The molecule has 0 radical (unpaired) electrons. The average Bonchev–Trinajstić information content (AvgIpc) is 3.07. The van der Waals surface area contributed by atoms with Gasteiger partial charge in [0.2, 0.25) is 0 Å². The van der Waals surface area contributed by atoms with E-state index >= 15 is 0 Å². The standard InChI is InChI=1S/C21H20N4O3/c1-12(2)14-9-7-13(8-10-14)11-22-25-20(26)19-18(24-21(25)27)17-15(23-19)5-4-6-16(17)28-3/h4-12,23H,1-3H3,(H,24,27)/b22-11+. The highest BCUT2D eigenvalue weighted by molar-refractivity contribution is 6.07. The third-order valence-electron chi connectivity index (χ3n) is 4.76. The lowest BCUT2D eigenvalue weighted by atomic mass is 10.0. The smallest absolute Gasteiger partial charge is 0.350 e. The van der Waals surface area contributed by atoms with Crippen molar-refractivity contribution in [1.82, 2.24) is 14.6 Å². The Morgan fingerprint density at radius 3 is 2.46 bits per heavy atom. The topological polar surface area (TPSA) is 92.2 Å². The molecule has 7 nitrogen and oxygen atoms in total. The van der Waals surface area contributed by atoms with Crippen molar-refractivity contribution in [2.75, 3.05) is 7.11 Å². The highest BCUT2D eigenvalue weighted by Crippen LogP contribution is 2.29. The van der Waals surface area contributed by atoms with E-state index in [0.717, 1.165) is 10.2 Å². The maximum absolute atomic E-state index is 12.8. The molecule has 0 atom stereocenters. The molecule has 0 fully saturated rings. The average molecular weight is 376 g/mol. The Labute approximate surface area is 160 Å². The third kappa shape index (κ3) is 2.90. The van der Waals surface area contributed by atoms with Crippen LogP contribution in [0.3, 0.4) is 0 Å². The molecule has 0 saturated carbocycles. The zero-order valence-corrected chi connectivity index (χ0v) is 15.8. The summed E-state index contributed by atoms with van der Waals surface area (Å²) >= 11 is 0. The first-order chi connectivity index (χ1) is 13.5. The van der Waals surface area contributed by atoms with Gasteiger partial charge in [-0.2, -0.15) is 5.10 Å². The van der Waals surface area contributed by atoms with E-state index < -0.39 is 11.2 Å². The number of methoxy groups -OCH3 is 1. The number of hydrogen-bond acceptors (Lipinski definition) is 4. The van der Waals surface area contributed by atoms with Gasteiger partial charge >= 0.3 is 11.2 Å². The molecule has 4 rings (SSSR count). The first kappa shape index (κ1) is 17.8. The Bertz CT molecular complexity index is 1310. The molecule has 142 valence electrons. The van der Waals surface area contributed by atoms with E-state index in [9.17, 15) is 9.59 Å². The van der Waals surface area contributed by atoms with Gasteiger partial charge in [0.1, 0.15) is 11.3 Å². The summed E-state index contributed by atoms with van der Waals surface area (Å²) in [5.74, 6) is 1.00. The van der Waals surface area contributed by atoms with E-state index in [2.05, 4.69) is 28.9 Å². The fraction of sp³-hybridized carbons (Fsp3) is 0.190. The second kappa shape index (κ2) is 6.84. The minimum absolute atomic E-state index is 0.270. The van der Waals surface area contributed by atoms with Crippen molar-refractivity contribution in [1.29, 1.82) is 0 Å². The van der Waals surface area contributed by atoms with Crippen molar-refractivity contribution in [3.8, 4) is 5.75 Å². The summed E-state index contributed by atoms with van der Waals surface area (Å²) in [5.41, 5.74) is 2.26. The number of nitrogens with zero attached hydrogens (tertiary/aromatic N) is 2. The van der Waals surface area contributed by atoms with Crippen LogP contribution in [-0.2, 0) is 0 Å². The summed E-state index contributed by atoms with van der Waals surface area (Å²) in [6.45, 7) is 4.24. The summed E-state index contributed by atoms with van der Waals surface area (Å²) in [6.07, 6.45) is 1.50. The lowest BCUT2D eigenvalue weighted by Crippen LogP contribution is -2.32. The molecule has 0 aliphatic carbocycles. The van der Waals surface area contributed by atoms with Crippen molar-refractivity contribution >= 4 is 28.2 Å². The summed E-state index contributed by atoms with van der Waals surface area (Å²) in [4.78, 5) is 31.1. The number of benzene rings is 2. The van der Waals surface area contributed by atoms with Crippen LogP contribution < -0.4 is 16.0 Å². The minimum atomic E-state index is -0.612. The summed E-state index contributed by atoms with van der Waals surface area (Å²) in [6, 6.07) is 13.2. The van der Waals surface area contributed by atoms with E-state index in [4.69, 9.17) is 4.74 Å². The number of ether oxygens (including phenoxy) is 1. The number of hydrogen-bond donors (Lipinski definition) is 2. The highest BCUT2D eigenvalue weighted by Gasteiger charge is 2.15. The Morgan fingerprint density at radius 1 is 1.04 bits per heavy atom. The van der Waals surface area contributed by atoms with Crippen LogP contribution >= 0.6 is 0 Å². The molecule has 0 aliphatic heterocycles. The lowest BCUT2D eigenvalue weighted by molar-refractivity contribution is 0.420. The van der Waals surface area contributed by atoms with Gasteiger partial charge in [0.05, 0.1) is 29.7 Å². The zero-order valence-electron chi connectivity index (χ0n) is 15.8. The van der Waals surface area contributed by atoms with Gasteiger partial charge in [-0.05, 0) is 29.2 Å². The Kier molecular flexibility index (Phi) is 4.35. The van der Waals surface area contributed by atoms with Crippen LogP contribution in [0.4, 0.5) is 0 Å².